The minimum Gasteiger partial charge on any atom is -0.483 e. The molecule has 0 heterocycles. The third-order valence-electron chi connectivity index (χ3n) is 3.13. The SMILES string of the molecule is CC(C)c1ccc(OCC(=O)Nc2ccccc2Br)c(Br)c1. The monoisotopic (exact) mass is 425 g/mol. The first-order valence-electron chi connectivity index (χ1n) is 6.94. The molecule has 0 saturated heterocycles. The van der Waals surface area contributed by atoms with Crippen LogP contribution in [0.25, 0.3) is 0 Å². The average molecular weight is 427 g/mol. The summed E-state index contributed by atoms with van der Waals surface area (Å²) < 4.78 is 7.26. The lowest BCUT2D eigenvalue weighted by atomic mass is 10.0. The maximum Gasteiger partial charge on any atom is 0.262 e. The van der Waals surface area contributed by atoms with Gasteiger partial charge in [-0.1, -0.05) is 32.0 Å². The van der Waals surface area contributed by atoms with Crippen LogP contribution >= 0.6 is 31.9 Å². The van der Waals surface area contributed by atoms with E-state index in [1.807, 2.05) is 42.5 Å². The number of ether oxygens (including phenoxy) is 1. The number of para-hydroxylation sites is 1. The van der Waals surface area contributed by atoms with E-state index in [1.54, 1.807) is 0 Å². The standard InChI is InChI=1S/C17H17Br2NO2/c1-11(2)12-7-8-16(14(19)9-12)22-10-17(21)20-15-6-4-3-5-13(15)18/h3-9,11H,10H2,1-2H3,(H,20,21). The fourth-order valence-corrected chi connectivity index (χ4v) is 2.78. The molecule has 0 radical (unpaired) electrons. The van der Waals surface area contributed by atoms with E-state index in [4.69, 9.17) is 4.74 Å². The second-order valence-electron chi connectivity index (χ2n) is 5.16. The van der Waals surface area contributed by atoms with Gasteiger partial charge in [-0.2, -0.15) is 0 Å². The van der Waals surface area contributed by atoms with Crippen molar-refractivity contribution in [2.75, 3.05) is 11.9 Å². The lowest BCUT2D eigenvalue weighted by Crippen LogP contribution is -2.20. The molecule has 0 spiro atoms. The predicted molar refractivity (Wildman–Crippen MR) is 96.5 cm³/mol. The van der Waals surface area contributed by atoms with Gasteiger partial charge in [0.25, 0.3) is 5.91 Å². The van der Waals surface area contributed by atoms with Gasteiger partial charge in [0.1, 0.15) is 5.75 Å². The van der Waals surface area contributed by atoms with E-state index in [0.717, 1.165) is 14.6 Å². The Balaban J connectivity index is 1.95. The second kappa shape index (κ2) is 7.79. The van der Waals surface area contributed by atoms with E-state index in [1.165, 1.54) is 5.56 Å². The molecule has 5 heteroatoms. The van der Waals surface area contributed by atoms with Crippen molar-refractivity contribution >= 4 is 43.5 Å². The molecule has 1 amide bonds. The Morgan fingerprint density at radius 3 is 2.50 bits per heavy atom. The number of amides is 1. The first-order valence-corrected chi connectivity index (χ1v) is 8.52. The van der Waals surface area contributed by atoms with Gasteiger partial charge in [0.15, 0.2) is 6.61 Å². The van der Waals surface area contributed by atoms with E-state index < -0.39 is 0 Å². The lowest BCUT2D eigenvalue weighted by Gasteiger charge is -2.12. The van der Waals surface area contributed by atoms with Crippen LogP contribution in [0.4, 0.5) is 5.69 Å². The highest BCUT2D eigenvalue weighted by Crippen LogP contribution is 2.29. The minimum atomic E-state index is -0.202. The molecular weight excluding hydrogens is 410 g/mol. The zero-order valence-corrected chi connectivity index (χ0v) is 15.6. The van der Waals surface area contributed by atoms with E-state index in [-0.39, 0.29) is 12.5 Å². The lowest BCUT2D eigenvalue weighted by molar-refractivity contribution is -0.118. The predicted octanol–water partition coefficient (Wildman–Crippen LogP) is 5.35. The molecular formula is C17H17Br2NO2. The molecule has 2 rings (SSSR count). The summed E-state index contributed by atoms with van der Waals surface area (Å²) in [7, 11) is 0. The molecule has 116 valence electrons. The van der Waals surface area contributed by atoms with Crippen LogP contribution in [0.5, 0.6) is 5.75 Å². The summed E-state index contributed by atoms with van der Waals surface area (Å²) >= 11 is 6.87. The normalized spacial score (nSPS) is 10.6. The van der Waals surface area contributed by atoms with Crippen molar-refractivity contribution in [3.63, 3.8) is 0 Å². The summed E-state index contributed by atoms with van der Waals surface area (Å²) in [5, 5.41) is 2.80. The molecule has 3 nitrogen and oxygen atoms in total. The van der Waals surface area contributed by atoms with Crippen molar-refractivity contribution in [2.24, 2.45) is 0 Å². The summed E-state index contributed by atoms with van der Waals surface area (Å²) in [5.74, 6) is 0.905. The van der Waals surface area contributed by atoms with Crippen LogP contribution in [0.2, 0.25) is 0 Å². The minimum absolute atomic E-state index is 0.0407. The number of halogens is 2. The van der Waals surface area contributed by atoms with Gasteiger partial charge in [0.05, 0.1) is 10.2 Å². The quantitative estimate of drug-likeness (QED) is 0.699. The molecule has 2 aromatic carbocycles. The molecule has 0 unspecified atom stereocenters. The molecule has 0 saturated carbocycles. The van der Waals surface area contributed by atoms with Crippen LogP contribution in [-0.2, 0) is 4.79 Å². The molecule has 0 fully saturated rings. The molecule has 1 N–H and O–H groups in total. The molecule has 0 aliphatic carbocycles. The Bertz CT molecular complexity index is 671. The van der Waals surface area contributed by atoms with Gasteiger partial charge in [-0.05, 0) is 67.6 Å². The van der Waals surface area contributed by atoms with Crippen LogP contribution in [0, 0.1) is 0 Å². The van der Waals surface area contributed by atoms with Crippen LogP contribution in [0.1, 0.15) is 25.3 Å². The molecule has 0 bridgehead atoms. The van der Waals surface area contributed by atoms with Gasteiger partial charge in [-0.15, -0.1) is 0 Å². The first-order chi connectivity index (χ1) is 10.5. The smallest absolute Gasteiger partial charge is 0.262 e. The molecule has 22 heavy (non-hydrogen) atoms. The highest BCUT2D eigenvalue weighted by atomic mass is 79.9. The zero-order valence-electron chi connectivity index (χ0n) is 12.4. The number of anilines is 1. The summed E-state index contributed by atoms with van der Waals surface area (Å²) in [4.78, 5) is 12.0. The molecule has 0 aliphatic rings. The van der Waals surface area contributed by atoms with Gasteiger partial charge in [0.2, 0.25) is 0 Å². The molecule has 0 aliphatic heterocycles. The number of nitrogens with one attached hydrogen (secondary N) is 1. The van der Waals surface area contributed by atoms with Crippen LogP contribution < -0.4 is 10.1 Å². The van der Waals surface area contributed by atoms with Gasteiger partial charge in [-0.25, -0.2) is 0 Å². The van der Waals surface area contributed by atoms with Crippen LogP contribution in [0.15, 0.2) is 51.4 Å². The van der Waals surface area contributed by atoms with E-state index in [0.29, 0.717) is 11.7 Å². The topological polar surface area (TPSA) is 38.3 Å². The van der Waals surface area contributed by atoms with Gasteiger partial charge >= 0.3 is 0 Å². The Labute approximate surface area is 147 Å². The van der Waals surface area contributed by atoms with E-state index >= 15 is 0 Å². The van der Waals surface area contributed by atoms with Gasteiger partial charge < -0.3 is 10.1 Å². The van der Waals surface area contributed by atoms with Gasteiger partial charge in [-0.3, -0.25) is 4.79 Å². The second-order valence-corrected chi connectivity index (χ2v) is 6.87. The fraction of sp³-hybridized carbons (Fsp3) is 0.235. The van der Waals surface area contributed by atoms with Crippen molar-refractivity contribution in [3.05, 3.63) is 57.0 Å². The first kappa shape index (κ1) is 17.0. The Hall–Kier alpha value is -1.33. The summed E-state index contributed by atoms with van der Waals surface area (Å²) in [6, 6.07) is 13.4. The van der Waals surface area contributed by atoms with Crippen molar-refractivity contribution < 1.29 is 9.53 Å². The van der Waals surface area contributed by atoms with Crippen molar-refractivity contribution in [1.29, 1.82) is 0 Å². The highest BCUT2D eigenvalue weighted by molar-refractivity contribution is 9.11. The molecule has 0 atom stereocenters. The Morgan fingerprint density at radius 2 is 1.86 bits per heavy atom. The Kier molecular flexibility index (Phi) is 6.03. The largest absolute Gasteiger partial charge is 0.483 e. The summed E-state index contributed by atoms with van der Waals surface area (Å²) in [6.45, 7) is 4.22. The number of rotatable bonds is 5. The molecule has 2 aromatic rings. The molecule has 0 aromatic heterocycles. The number of benzene rings is 2. The number of hydrogen-bond donors (Lipinski definition) is 1. The summed E-state index contributed by atoms with van der Waals surface area (Å²) in [6.07, 6.45) is 0. The number of carbonyl (C=O) groups is 1. The highest BCUT2D eigenvalue weighted by Gasteiger charge is 2.09. The van der Waals surface area contributed by atoms with Crippen molar-refractivity contribution in [1.82, 2.24) is 0 Å². The Morgan fingerprint density at radius 1 is 1.14 bits per heavy atom. The van der Waals surface area contributed by atoms with E-state index in [2.05, 4.69) is 51.0 Å². The fourth-order valence-electron chi connectivity index (χ4n) is 1.89. The number of hydrogen-bond acceptors (Lipinski definition) is 2. The number of carbonyl (C=O) groups excluding carboxylic acids is 1. The maximum absolute atomic E-state index is 12.0. The third-order valence-corrected chi connectivity index (χ3v) is 4.44. The van der Waals surface area contributed by atoms with Crippen LogP contribution in [-0.4, -0.2) is 12.5 Å². The summed E-state index contributed by atoms with van der Waals surface area (Å²) in [5.41, 5.74) is 1.95. The van der Waals surface area contributed by atoms with E-state index in [9.17, 15) is 4.79 Å². The third kappa shape index (κ3) is 4.58. The zero-order chi connectivity index (χ0) is 16.1. The average Bonchev–Trinajstić information content (AvgIpc) is 2.48. The van der Waals surface area contributed by atoms with Crippen molar-refractivity contribution in [2.45, 2.75) is 19.8 Å². The van der Waals surface area contributed by atoms with Crippen molar-refractivity contribution in [3.8, 4) is 5.75 Å². The van der Waals surface area contributed by atoms with Crippen LogP contribution in [0.3, 0.4) is 0 Å². The maximum atomic E-state index is 12.0. The van der Waals surface area contributed by atoms with Gasteiger partial charge in [0, 0.05) is 4.47 Å².